The Labute approximate surface area is 123 Å². The van der Waals surface area contributed by atoms with E-state index in [9.17, 15) is 9.90 Å². The number of rotatable bonds is 2. The van der Waals surface area contributed by atoms with Crippen LogP contribution in [0.4, 0.5) is 5.13 Å². The van der Waals surface area contributed by atoms with Crippen molar-refractivity contribution in [2.24, 2.45) is 5.92 Å². The molecule has 1 fully saturated rings. The maximum absolute atomic E-state index is 11.4. The molecule has 110 valence electrons. The standard InChI is InChI=1S/C15H22N2O2S/c1-9-6-7-17(10(2)8-9)15-16-13-11(14(18)19)4-3-5-12(13)20-15/h9-11H,3-8H2,1-2H3,(H,18,19). The van der Waals surface area contributed by atoms with Gasteiger partial charge in [0.05, 0.1) is 5.69 Å². The third-order valence-electron chi connectivity index (χ3n) is 4.63. The second-order valence-electron chi connectivity index (χ2n) is 6.26. The lowest BCUT2D eigenvalue weighted by molar-refractivity contribution is -0.139. The Hall–Kier alpha value is -1.10. The van der Waals surface area contributed by atoms with E-state index in [4.69, 9.17) is 4.98 Å². The van der Waals surface area contributed by atoms with E-state index in [-0.39, 0.29) is 5.92 Å². The van der Waals surface area contributed by atoms with Gasteiger partial charge in [-0.15, -0.1) is 11.3 Å². The van der Waals surface area contributed by atoms with Gasteiger partial charge in [0.2, 0.25) is 0 Å². The molecule has 1 saturated heterocycles. The number of aromatic nitrogens is 1. The SMILES string of the molecule is CC1CCN(c2nc3c(s2)CCCC3C(=O)O)C(C)C1. The second-order valence-corrected chi connectivity index (χ2v) is 7.32. The van der Waals surface area contributed by atoms with Gasteiger partial charge in [-0.2, -0.15) is 0 Å². The van der Waals surface area contributed by atoms with Crippen LogP contribution in [0.2, 0.25) is 0 Å². The zero-order valence-electron chi connectivity index (χ0n) is 12.1. The Morgan fingerprint density at radius 2 is 2.20 bits per heavy atom. The number of carboxylic acids is 1. The van der Waals surface area contributed by atoms with Crippen LogP contribution < -0.4 is 4.90 Å². The van der Waals surface area contributed by atoms with Crippen molar-refractivity contribution in [1.29, 1.82) is 0 Å². The van der Waals surface area contributed by atoms with E-state index in [1.54, 1.807) is 11.3 Å². The first-order valence-electron chi connectivity index (χ1n) is 7.55. The molecule has 1 aliphatic heterocycles. The average molecular weight is 294 g/mol. The molecular weight excluding hydrogens is 272 g/mol. The summed E-state index contributed by atoms with van der Waals surface area (Å²) in [6.07, 6.45) is 5.11. The molecule has 0 radical (unpaired) electrons. The number of anilines is 1. The number of hydrogen-bond acceptors (Lipinski definition) is 4. The highest BCUT2D eigenvalue weighted by molar-refractivity contribution is 7.15. The summed E-state index contributed by atoms with van der Waals surface area (Å²) < 4.78 is 0. The highest BCUT2D eigenvalue weighted by Crippen LogP contribution is 2.39. The predicted octanol–water partition coefficient (Wildman–Crippen LogP) is 3.27. The molecule has 3 rings (SSSR count). The molecule has 3 atom stereocenters. The summed E-state index contributed by atoms with van der Waals surface area (Å²) in [4.78, 5) is 19.7. The van der Waals surface area contributed by atoms with Gasteiger partial charge in [0.15, 0.2) is 5.13 Å². The lowest BCUT2D eigenvalue weighted by atomic mass is 9.91. The van der Waals surface area contributed by atoms with Crippen LogP contribution in [-0.4, -0.2) is 28.6 Å². The molecule has 0 aromatic carbocycles. The third-order valence-corrected chi connectivity index (χ3v) is 5.79. The third kappa shape index (κ3) is 2.43. The van der Waals surface area contributed by atoms with E-state index < -0.39 is 5.97 Å². The fourth-order valence-electron chi connectivity index (χ4n) is 3.46. The fraction of sp³-hybridized carbons (Fsp3) is 0.733. The van der Waals surface area contributed by atoms with E-state index in [1.165, 1.54) is 17.7 Å². The van der Waals surface area contributed by atoms with E-state index in [0.717, 1.165) is 42.6 Å². The molecule has 0 saturated carbocycles. The quantitative estimate of drug-likeness (QED) is 0.909. The zero-order chi connectivity index (χ0) is 14.3. The lowest BCUT2D eigenvalue weighted by Crippen LogP contribution is -2.40. The molecule has 5 heteroatoms. The first kappa shape index (κ1) is 13.9. The summed E-state index contributed by atoms with van der Waals surface area (Å²) in [7, 11) is 0. The molecule has 0 amide bonds. The molecule has 1 aromatic rings. The number of aliphatic carboxylic acids is 1. The summed E-state index contributed by atoms with van der Waals surface area (Å²) in [6, 6.07) is 0.509. The molecule has 1 aliphatic carbocycles. The van der Waals surface area contributed by atoms with Crippen LogP contribution in [0.25, 0.3) is 0 Å². The van der Waals surface area contributed by atoms with Crippen molar-refractivity contribution in [3.05, 3.63) is 10.6 Å². The molecule has 1 N–H and O–H groups in total. The van der Waals surface area contributed by atoms with Crippen LogP contribution in [0.5, 0.6) is 0 Å². The highest BCUT2D eigenvalue weighted by atomic mass is 32.1. The van der Waals surface area contributed by atoms with E-state index in [0.29, 0.717) is 6.04 Å². The smallest absolute Gasteiger partial charge is 0.312 e. The molecule has 4 nitrogen and oxygen atoms in total. The Kier molecular flexibility index (Phi) is 3.71. The minimum Gasteiger partial charge on any atom is -0.481 e. The molecule has 3 unspecified atom stereocenters. The Morgan fingerprint density at radius 3 is 2.90 bits per heavy atom. The number of fused-ring (bicyclic) bond motifs is 1. The first-order chi connectivity index (χ1) is 9.56. The van der Waals surface area contributed by atoms with Crippen LogP contribution in [0, 0.1) is 5.92 Å². The topological polar surface area (TPSA) is 53.4 Å². The normalized spacial score (nSPS) is 30.1. The monoisotopic (exact) mass is 294 g/mol. The minimum absolute atomic E-state index is 0.386. The van der Waals surface area contributed by atoms with Crippen molar-refractivity contribution < 1.29 is 9.90 Å². The summed E-state index contributed by atoms with van der Waals surface area (Å²) in [5, 5.41) is 10.4. The number of hydrogen-bond donors (Lipinski definition) is 1. The molecule has 1 aromatic heterocycles. The van der Waals surface area contributed by atoms with Gasteiger partial charge in [-0.3, -0.25) is 4.79 Å². The Morgan fingerprint density at radius 1 is 1.40 bits per heavy atom. The number of nitrogens with zero attached hydrogens (tertiary/aromatic N) is 2. The largest absolute Gasteiger partial charge is 0.481 e. The fourth-order valence-corrected chi connectivity index (χ4v) is 4.75. The summed E-state index contributed by atoms with van der Waals surface area (Å²) in [5.41, 5.74) is 0.842. The van der Waals surface area contributed by atoms with Gasteiger partial charge in [-0.05, 0) is 44.9 Å². The minimum atomic E-state index is -0.719. The maximum atomic E-state index is 11.4. The molecule has 2 aliphatic rings. The second kappa shape index (κ2) is 5.35. The van der Waals surface area contributed by atoms with Gasteiger partial charge >= 0.3 is 5.97 Å². The van der Waals surface area contributed by atoms with Gasteiger partial charge in [0.1, 0.15) is 5.92 Å². The van der Waals surface area contributed by atoms with Gasteiger partial charge in [0, 0.05) is 17.5 Å². The van der Waals surface area contributed by atoms with Gasteiger partial charge in [-0.1, -0.05) is 6.92 Å². The Bertz CT molecular complexity index is 514. The summed E-state index contributed by atoms with van der Waals surface area (Å²) in [5.74, 6) is -0.325. The Balaban J connectivity index is 1.87. The number of piperidine rings is 1. The average Bonchev–Trinajstić information content (AvgIpc) is 2.81. The van der Waals surface area contributed by atoms with Gasteiger partial charge in [0.25, 0.3) is 0 Å². The van der Waals surface area contributed by atoms with Crippen LogP contribution in [0.15, 0.2) is 0 Å². The zero-order valence-corrected chi connectivity index (χ0v) is 12.9. The summed E-state index contributed by atoms with van der Waals surface area (Å²) >= 11 is 1.72. The number of carbonyl (C=O) groups is 1. The van der Waals surface area contributed by atoms with Crippen molar-refractivity contribution in [3.63, 3.8) is 0 Å². The van der Waals surface area contributed by atoms with Crippen molar-refractivity contribution in [3.8, 4) is 0 Å². The summed E-state index contributed by atoms with van der Waals surface area (Å²) in [6.45, 7) is 5.61. The number of aryl methyl sites for hydroxylation is 1. The van der Waals surface area contributed by atoms with Crippen molar-refractivity contribution in [2.75, 3.05) is 11.4 Å². The van der Waals surface area contributed by atoms with Crippen LogP contribution in [0.3, 0.4) is 0 Å². The lowest BCUT2D eigenvalue weighted by Gasteiger charge is -2.36. The molecule has 20 heavy (non-hydrogen) atoms. The van der Waals surface area contributed by atoms with E-state index in [2.05, 4.69) is 18.7 Å². The highest BCUT2D eigenvalue weighted by Gasteiger charge is 2.32. The van der Waals surface area contributed by atoms with E-state index in [1.807, 2.05) is 0 Å². The number of thiazole rings is 1. The molecule has 0 bridgehead atoms. The van der Waals surface area contributed by atoms with Crippen LogP contribution >= 0.6 is 11.3 Å². The van der Waals surface area contributed by atoms with Crippen molar-refractivity contribution >= 4 is 22.4 Å². The van der Waals surface area contributed by atoms with E-state index >= 15 is 0 Å². The predicted molar refractivity (Wildman–Crippen MR) is 80.6 cm³/mol. The van der Waals surface area contributed by atoms with Crippen molar-refractivity contribution in [2.45, 2.75) is 57.9 Å². The van der Waals surface area contributed by atoms with Gasteiger partial charge < -0.3 is 10.0 Å². The van der Waals surface area contributed by atoms with Crippen LogP contribution in [0.1, 0.15) is 56.0 Å². The van der Waals surface area contributed by atoms with Crippen LogP contribution in [-0.2, 0) is 11.2 Å². The number of carboxylic acid groups (broad SMARTS) is 1. The first-order valence-corrected chi connectivity index (χ1v) is 8.37. The molecule has 0 spiro atoms. The van der Waals surface area contributed by atoms with Gasteiger partial charge in [-0.25, -0.2) is 4.98 Å². The van der Waals surface area contributed by atoms with Crippen molar-refractivity contribution in [1.82, 2.24) is 4.98 Å². The maximum Gasteiger partial charge on any atom is 0.312 e. The molecule has 2 heterocycles. The molecular formula is C15H22N2O2S.